The van der Waals surface area contributed by atoms with Crippen molar-refractivity contribution in [3.63, 3.8) is 0 Å². The van der Waals surface area contributed by atoms with E-state index in [1.807, 2.05) is 60.8 Å². The van der Waals surface area contributed by atoms with E-state index in [9.17, 15) is 0 Å². The Labute approximate surface area is 296 Å². The molecule has 10 heterocycles. The number of benzene rings is 2. The zero-order valence-electron chi connectivity index (χ0n) is 27.0. The first kappa shape index (κ1) is 27.7. The van der Waals surface area contributed by atoms with Gasteiger partial charge >= 0.3 is 0 Å². The molecule has 0 saturated carbocycles. The van der Waals surface area contributed by atoms with Crippen molar-refractivity contribution in [3.8, 4) is 28.2 Å². The summed E-state index contributed by atoms with van der Waals surface area (Å²) in [5, 5.41) is 2.34. The van der Waals surface area contributed by atoms with Crippen LogP contribution in [-0.4, -0.2) is 34.5 Å². The second-order valence-corrected chi connectivity index (χ2v) is 13.7. The Hall–Kier alpha value is -7.04. The van der Waals surface area contributed by atoms with Crippen molar-refractivity contribution in [3.05, 3.63) is 128 Å². The van der Waals surface area contributed by atoms with Gasteiger partial charge in [-0.2, -0.15) is 0 Å². The van der Waals surface area contributed by atoms with Crippen LogP contribution < -0.4 is 0 Å². The summed E-state index contributed by atoms with van der Waals surface area (Å²) in [6, 6.07) is 34.6. The van der Waals surface area contributed by atoms with Gasteiger partial charge in [0.15, 0.2) is 22.3 Å². The van der Waals surface area contributed by atoms with E-state index in [1.165, 1.54) is 10.8 Å². The molecule has 0 aliphatic heterocycles. The first-order chi connectivity index (χ1) is 25.8. The third-order valence-electron chi connectivity index (χ3n) is 9.85. The first-order valence-electron chi connectivity index (χ1n) is 16.8. The Kier molecular flexibility index (Phi) is 5.47. The highest BCUT2D eigenvalue weighted by atomic mass is 32.1. The predicted octanol–water partition coefficient (Wildman–Crippen LogP) is 10.7. The molecular formula is C42H21N7O2S. The van der Waals surface area contributed by atoms with Crippen molar-refractivity contribution in [2.24, 2.45) is 0 Å². The Bertz CT molecular complexity index is 3390. The van der Waals surface area contributed by atoms with Crippen LogP contribution in [0.25, 0.3) is 115 Å². The lowest BCUT2D eigenvalue weighted by molar-refractivity contribution is 0.665. The number of pyridine rings is 6. The number of thiophene rings is 1. The number of hydrogen-bond acceptors (Lipinski definition) is 9. The molecule has 0 aliphatic carbocycles. The minimum absolute atomic E-state index is 0.656. The highest BCUT2D eigenvalue weighted by molar-refractivity contribution is 7.26. The second kappa shape index (κ2) is 10.3. The summed E-state index contributed by atoms with van der Waals surface area (Å²) in [7, 11) is 0. The standard InChI is InChI=1S/C42H21N7O2S/c1-6-22-23-7-2-9-25(42(23)52-41(22)24(8-1)26-13-15-32-37(47-26)36-31(50-32)12-5-20-45-36)27-14-16-33-38(48-27)39-40(51-33)30(17-21-46-39)49-28-10-3-18-43-34(28)35-29(49)11-4-19-44-35/h1-21H. The van der Waals surface area contributed by atoms with Crippen molar-refractivity contribution < 1.29 is 8.83 Å². The normalized spacial score (nSPS) is 12.2. The highest BCUT2D eigenvalue weighted by Gasteiger charge is 2.22. The van der Waals surface area contributed by atoms with Crippen LogP contribution in [0.5, 0.6) is 0 Å². The summed E-state index contributed by atoms with van der Waals surface area (Å²) >= 11 is 1.76. The van der Waals surface area contributed by atoms with Gasteiger partial charge in [-0.3, -0.25) is 19.9 Å². The smallest absolute Gasteiger partial charge is 0.179 e. The Morgan fingerprint density at radius 2 is 1.00 bits per heavy atom. The van der Waals surface area contributed by atoms with Crippen LogP contribution in [0.15, 0.2) is 137 Å². The third-order valence-corrected chi connectivity index (χ3v) is 11.1. The van der Waals surface area contributed by atoms with Gasteiger partial charge < -0.3 is 13.4 Å². The summed E-state index contributed by atoms with van der Waals surface area (Å²) in [6.45, 7) is 0. The third kappa shape index (κ3) is 3.75. The minimum Gasteiger partial charge on any atom is -0.453 e. The van der Waals surface area contributed by atoms with Crippen LogP contribution in [0.4, 0.5) is 0 Å². The van der Waals surface area contributed by atoms with E-state index in [2.05, 4.69) is 68.0 Å². The van der Waals surface area contributed by atoms with E-state index < -0.39 is 0 Å². The van der Waals surface area contributed by atoms with Crippen LogP contribution in [0.1, 0.15) is 0 Å². The van der Waals surface area contributed by atoms with Gasteiger partial charge in [0.1, 0.15) is 33.1 Å². The Balaban J connectivity index is 1.04. The van der Waals surface area contributed by atoms with Crippen LogP contribution >= 0.6 is 11.3 Å². The van der Waals surface area contributed by atoms with E-state index in [-0.39, 0.29) is 0 Å². The number of aromatic nitrogens is 7. The molecule has 0 aliphatic rings. The molecule has 0 atom stereocenters. The van der Waals surface area contributed by atoms with Crippen molar-refractivity contribution in [1.82, 2.24) is 34.5 Å². The maximum Gasteiger partial charge on any atom is 0.179 e. The maximum absolute atomic E-state index is 6.55. The summed E-state index contributed by atoms with van der Waals surface area (Å²) in [5.41, 5.74) is 14.0. The van der Waals surface area contributed by atoms with Crippen LogP contribution in [0.3, 0.4) is 0 Å². The molecule has 12 aromatic rings. The molecule has 0 spiro atoms. The molecule has 52 heavy (non-hydrogen) atoms. The lowest BCUT2D eigenvalue weighted by Gasteiger charge is -2.07. The van der Waals surface area contributed by atoms with Gasteiger partial charge in [0.25, 0.3) is 0 Å². The molecule has 10 heteroatoms. The van der Waals surface area contributed by atoms with E-state index >= 15 is 0 Å². The average molecular weight is 688 g/mol. The molecule has 0 amide bonds. The van der Waals surface area contributed by atoms with Crippen LogP contribution in [-0.2, 0) is 0 Å². The molecule has 10 aromatic heterocycles. The maximum atomic E-state index is 6.55. The summed E-state index contributed by atoms with van der Waals surface area (Å²) < 4.78 is 17.0. The molecule has 2 aromatic carbocycles. The molecular weight excluding hydrogens is 667 g/mol. The summed E-state index contributed by atoms with van der Waals surface area (Å²) in [5.74, 6) is 0. The molecule has 0 unspecified atom stereocenters. The highest BCUT2D eigenvalue weighted by Crippen LogP contribution is 2.44. The van der Waals surface area contributed by atoms with E-state index in [0.717, 1.165) is 81.9 Å². The summed E-state index contributed by atoms with van der Waals surface area (Å²) in [4.78, 5) is 28.9. The van der Waals surface area contributed by atoms with E-state index in [4.69, 9.17) is 23.8 Å². The SMILES string of the molecule is c1cnc2c(c1)oc1ccc(-c3cccc4c3sc3c(-c5ccc6oc7c(-n8c9cccnc9c9ncccc98)ccnc7c6n5)cccc34)nc12. The van der Waals surface area contributed by atoms with Gasteiger partial charge in [-0.25, -0.2) is 9.97 Å². The van der Waals surface area contributed by atoms with Gasteiger partial charge in [0.2, 0.25) is 0 Å². The number of rotatable bonds is 3. The quantitative estimate of drug-likeness (QED) is 0.181. The lowest BCUT2D eigenvalue weighted by Crippen LogP contribution is -1.95. The van der Waals surface area contributed by atoms with E-state index in [1.54, 1.807) is 29.9 Å². The number of furan rings is 2. The van der Waals surface area contributed by atoms with Crippen molar-refractivity contribution in [2.45, 2.75) is 0 Å². The lowest BCUT2D eigenvalue weighted by atomic mass is 10.0. The average Bonchev–Trinajstić information content (AvgIpc) is 3.96. The predicted molar refractivity (Wildman–Crippen MR) is 206 cm³/mol. The van der Waals surface area contributed by atoms with Gasteiger partial charge in [0, 0.05) is 56.1 Å². The first-order valence-corrected chi connectivity index (χ1v) is 17.6. The van der Waals surface area contributed by atoms with E-state index in [0.29, 0.717) is 22.2 Å². The molecule has 0 N–H and O–H groups in total. The number of fused-ring (bicyclic) bond motifs is 12. The molecule has 0 radical (unpaired) electrons. The van der Waals surface area contributed by atoms with Crippen molar-refractivity contribution >= 4 is 98.0 Å². The molecule has 242 valence electrons. The fourth-order valence-electron chi connectivity index (χ4n) is 7.59. The Morgan fingerprint density at radius 1 is 0.442 bits per heavy atom. The molecule has 0 bridgehead atoms. The van der Waals surface area contributed by atoms with Crippen LogP contribution in [0, 0.1) is 0 Å². The van der Waals surface area contributed by atoms with Gasteiger partial charge in [0.05, 0.1) is 28.1 Å². The van der Waals surface area contributed by atoms with Gasteiger partial charge in [-0.15, -0.1) is 11.3 Å². The summed E-state index contributed by atoms with van der Waals surface area (Å²) in [6.07, 6.45) is 7.18. The monoisotopic (exact) mass is 687 g/mol. The molecule has 12 rings (SSSR count). The van der Waals surface area contributed by atoms with Gasteiger partial charge in [-0.1, -0.05) is 36.4 Å². The fourth-order valence-corrected chi connectivity index (χ4v) is 8.94. The van der Waals surface area contributed by atoms with Crippen LogP contribution in [0.2, 0.25) is 0 Å². The topological polar surface area (TPSA) is 109 Å². The zero-order chi connectivity index (χ0) is 33.9. The minimum atomic E-state index is 0.656. The zero-order valence-corrected chi connectivity index (χ0v) is 27.8. The number of hydrogen-bond donors (Lipinski definition) is 0. The molecule has 9 nitrogen and oxygen atoms in total. The van der Waals surface area contributed by atoms with Crippen molar-refractivity contribution in [2.75, 3.05) is 0 Å². The fraction of sp³-hybridized carbons (Fsp3) is 0. The molecule has 0 saturated heterocycles. The largest absolute Gasteiger partial charge is 0.453 e. The molecule has 0 fully saturated rings. The Morgan fingerprint density at radius 3 is 1.67 bits per heavy atom. The van der Waals surface area contributed by atoms with Crippen molar-refractivity contribution in [1.29, 1.82) is 0 Å². The van der Waals surface area contributed by atoms with Gasteiger partial charge in [-0.05, 0) is 66.7 Å². The number of nitrogens with zero attached hydrogens (tertiary/aromatic N) is 7. The second-order valence-electron chi connectivity index (χ2n) is 12.7.